The van der Waals surface area contributed by atoms with Crippen molar-refractivity contribution >= 4 is 29.4 Å². The minimum Gasteiger partial charge on any atom is -0.494 e. The minimum absolute atomic E-state index is 0.382. The maximum absolute atomic E-state index is 11.8. The Hall–Kier alpha value is -1.89. The van der Waals surface area contributed by atoms with Crippen molar-refractivity contribution in [1.29, 1.82) is 0 Å². The van der Waals surface area contributed by atoms with Crippen molar-refractivity contribution < 1.29 is 19.4 Å². The number of hydrogen-bond donors (Lipinski definition) is 3. The molecular formula is C14H20N2O4S. The van der Waals surface area contributed by atoms with Gasteiger partial charge in [-0.05, 0) is 49.6 Å². The van der Waals surface area contributed by atoms with Crippen molar-refractivity contribution in [2.24, 2.45) is 0 Å². The molecule has 0 spiro atoms. The number of carbonyl (C=O) groups is 2. The zero-order valence-corrected chi connectivity index (χ0v) is 12.9. The van der Waals surface area contributed by atoms with Gasteiger partial charge in [0.2, 0.25) is 0 Å². The van der Waals surface area contributed by atoms with Crippen LogP contribution in [0, 0.1) is 0 Å². The van der Waals surface area contributed by atoms with E-state index in [1.54, 1.807) is 24.3 Å². The Kier molecular flexibility index (Phi) is 7.45. The van der Waals surface area contributed by atoms with Crippen molar-refractivity contribution in [3.8, 4) is 5.75 Å². The monoisotopic (exact) mass is 312 g/mol. The number of nitrogens with one attached hydrogen (secondary N) is 2. The lowest BCUT2D eigenvalue weighted by atomic mass is 10.2. The van der Waals surface area contributed by atoms with Crippen LogP contribution < -0.4 is 15.4 Å². The lowest BCUT2D eigenvalue weighted by Crippen LogP contribution is -2.43. The first kappa shape index (κ1) is 17.2. The van der Waals surface area contributed by atoms with Gasteiger partial charge in [0.05, 0.1) is 6.61 Å². The lowest BCUT2D eigenvalue weighted by molar-refractivity contribution is -0.139. The van der Waals surface area contributed by atoms with Gasteiger partial charge in [0.15, 0.2) is 0 Å². The van der Waals surface area contributed by atoms with Crippen LogP contribution in [0.3, 0.4) is 0 Å². The quantitative estimate of drug-likeness (QED) is 0.686. The maximum atomic E-state index is 11.8. The number of urea groups is 1. The number of aliphatic carboxylic acids is 1. The molecule has 0 aliphatic heterocycles. The summed E-state index contributed by atoms with van der Waals surface area (Å²) in [5, 5.41) is 14.1. The molecule has 0 unspecified atom stereocenters. The molecule has 1 rings (SSSR count). The summed E-state index contributed by atoms with van der Waals surface area (Å²) in [6.07, 6.45) is 2.27. The van der Waals surface area contributed by atoms with Crippen molar-refractivity contribution in [1.82, 2.24) is 5.32 Å². The Morgan fingerprint density at radius 2 is 2.00 bits per heavy atom. The van der Waals surface area contributed by atoms with Gasteiger partial charge in [0, 0.05) is 5.69 Å². The SMILES string of the molecule is CCOc1ccc(NC(=O)N[C@@H](CCSC)C(=O)O)cc1. The Bertz CT molecular complexity index is 465. The minimum atomic E-state index is -1.04. The van der Waals surface area contributed by atoms with Crippen LogP contribution >= 0.6 is 11.8 Å². The fourth-order valence-electron chi connectivity index (χ4n) is 1.62. The number of carboxylic acids is 1. The van der Waals surface area contributed by atoms with E-state index in [2.05, 4.69) is 10.6 Å². The van der Waals surface area contributed by atoms with E-state index in [-0.39, 0.29) is 0 Å². The van der Waals surface area contributed by atoms with Crippen LogP contribution in [0.2, 0.25) is 0 Å². The maximum Gasteiger partial charge on any atom is 0.326 e. The number of hydrogen-bond acceptors (Lipinski definition) is 4. The highest BCUT2D eigenvalue weighted by Crippen LogP contribution is 2.15. The van der Waals surface area contributed by atoms with E-state index in [1.165, 1.54) is 11.8 Å². The predicted octanol–water partition coefficient (Wildman–Crippen LogP) is 2.41. The molecule has 21 heavy (non-hydrogen) atoms. The number of thioether (sulfide) groups is 1. The Labute approximate surface area is 128 Å². The van der Waals surface area contributed by atoms with E-state index in [9.17, 15) is 9.59 Å². The topological polar surface area (TPSA) is 87.7 Å². The molecule has 0 heterocycles. The van der Waals surface area contributed by atoms with E-state index in [0.717, 1.165) is 0 Å². The Morgan fingerprint density at radius 1 is 1.33 bits per heavy atom. The van der Waals surface area contributed by atoms with Crippen molar-refractivity contribution in [3.05, 3.63) is 24.3 Å². The van der Waals surface area contributed by atoms with Gasteiger partial charge >= 0.3 is 12.0 Å². The zero-order valence-electron chi connectivity index (χ0n) is 12.1. The Balaban J connectivity index is 2.52. The fraction of sp³-hybridized carbons (Fsp3) is 0.429. The summed E-state index contributed by atoms with van der Waals surface area (Å²) >= 11 is 1.54. The molecule has 0 aromatic heterocycles. The summed E-state index contributed by atoms with van der Waals surface area (Å²) < 4.78 is 5.30. The van der Waals surface area contributed by atoms with Crippen LogP contribution in [-0.4, -0.2) is 41.8 Å². The average Bonchev–Trinajstić information content (AvgIpc) is 2.45. The van der Waals surface area contributed by atoms with Gasteiger partial charge in [-0.15, -0.1) is 0 Å². The third-order valence-electron chi connectivity index (χ3n) is 2.64. The first-order valence-corrected chi connectivity index (χ1v) is 7.98. The highest BCUT2D eigenvalue weighted by Gasteiger charge is 2.19. The van der Waals surface area contributed by atoms with Crippen LogP contribution in [0.15, 0.2) is 24.3 Å². The lowest BCUT2D eigenvalue weighted by Gasteiger charge is -2.14. The summed E-state index contributed by atoms with van der Waals surface area (Å²) in [6.45, 7) is 2.46. The van der Waals surface area contributed by atoms with Gasteiger partial charge in [0.1, 0.15) is 11.8 Å². The Morgan fingerprint density at radius 3 is 2.52 bits per heavy atom. The summed E-state index contributed by atoms with van der Waals surface area (Å²) in [7, 11) is 0. The summed E-state index contributed by atoms with van der Waals surface area (Å²) in [6, 6.07) is 5.45. The molecule has 116 valence electrons. The molecule has 0 fully saturated rings. The average molecular weight is 312 g/mol. The van der Waals surface area contributed by atoms with E-state index < -0.39 is 18.0 Å². The predicted molar refractivity (Wildman–Crippen MR) is 84.2 cm³/mol. The summed E-state index contributed by atoms with van der Waals surface area (Å²) in [5.41, 5.74) is 0.574. The van der Waals surface area contributed by atoms with Gasteiger partial charge in [-0.2, -0.15) is 11.8 Å². The number of amides is 2. The number of rotatable bonds is 8. The van der Waals surface area contributed by atoms with Gasteiger partial charge in [-0.1, -0.05) is 0 Å². The second kappa shape index (κ2) is 9.12. The van der Waals surface area contributed by atoms with E-state index in [0.29, 0.717) is 30.2 Å². The molecule has 1 aromatic carbocycles. The first-order valence-electron chi connectivity index (χ1n) is 6.59. The molecule has 0 aliphatic carbocycles. The molecule has 1 aromatic rings. The molecular weight excluding hydrogens is 292 g/mol. The van der Waals surface area contributed by atoms with Crippen LogP contribution in [0.1, 0.15) is 13.3 Å². The zero-order chi connectivity index (χ0) is 15.7. The molecule has 0 radical (unpaired) electrons. The largest absolute Gasteiger partial charge is 0.494 e. The fourth-order valence-corrected chi connectivity index (χ4v) is 2.09. The molecule has 0 saturated heterocycles. The van der Waals surface area contributed by atoms with Gasteiger partial charge < -0.3 is 20.5 Å². The molecule has 0 aliphatic rings. The smallest absolute Gasteiger partial charge is 0.326 e. The number of ether oxygens (including phenoxy) is 1. The molecule has 6 nitrogen and oxygen atoms in total. The van der Waals surface area contributed by atoms with E-state index >= 15 is 0 Å². The molecule has 2 amide bonds. The first-order chi connectivity index (χ1) is 10.1. The van der Waals surface area contributed by atoms with E-state index in [4.69, 9.17) is 9.84 Å². The second-order valence-electron chi connectivity index (χ2n) is 4.23. The molecule has 0 saturated carbocycles. The third-order valence-corrected chi connectivity index (χ3v) is 3.28. The van der Waals surface area contributed by atoms with Crippen LogP contribution in [-0.2, 0) is 4.79 Å². The van der Waals surface area contributed by atoms with Crippen molar-refractivity contribution in [3.63, 3.8) is 0 Å². The molecule has 7 heteroatoms. The normalized spacial score (nSPS) is 11.5. The number of anilines is 1. The van der Waals surface area contributed by atoms with Gasteiger partial charge in [-0.3, -0.25) is 0 Å². The molecule has 1 atom stereocenters. The molecule has 0 bridgehead atoms. The standard InChI is InChI=1S/C14H20N2O4S/c1-3-20-11-6-4-10(5-7-11)15-14(19)16-12(13(17)18)8-9-21-2/h4-7,12H,3,8-9H2,1-2H3,(H,17,18)(H2,15,16,19)/t12-/m0/s1. The number of benzene rings is 1. The van der Waals surface area contributed by atoms with Gasteiger partial charge in [0.25, 0.3) is 0 Å². The van der Waals surface area contributed by atoms with Crippen LogP contribution in [0.25, 0.3) is 0 Å². The van der Waals surface area contributed by atoms with Crippen molar-refractivity contribution in [2.75, 3.05) is 23.9 Å². The van der Waals surface area contributed by atoms with Crippen LogP contribution in [0.4, 0.5) is 10.5 Å². The van der Waals surface area contributed by atoms with Gasteiger partial charge in [-0.25, -0.2) is 9.59 Å². The number of carboxylic acid groups (broad SMARTS) is 1. The third kappa shape index (κ3) is 6.40. The molecule has 3 N–H and O–H groups in total. The van der Waals surface area contributed by atoms with E-state index in [1.807, 2.05) is 13.2 Å². The highest BCUT2D eigenvalue weighted by molar-refractivity contribution is 7.98. The summed E-state index contributed by atoms with van der Waals surface area (Å²) in [5.74, 6) is 0.345. The second-order valence-corrected chi connectivity index (χ2v) is 5.21. The number of carbonyl (C=O) groups excluding carboxylic acids is 1. The van der Waals surface area contributed by atoms with Crippen molar-refractivity contribution in [2.45, 2.75) is 19.4 Å². The summed E-state index contributed by atoms with van der Waals surface area (Å²) in [4.78, 5) is 22.8. The van der Waals surface area contributed by atoms with Crippen LogP contribution in [0.5, 0.6) is 5.75 Å². The highest BCUT2D eigenvalue weighted by atomic mass is 32.2.